The van der Waals surface area contributed by atoms with Crippen LogP contribution in [0.3, 0.4) is 0 Å². The lowest BCUT2D eigenvalue weighted by molar-refractivity contribution is 0.253. The molecule has 0 spiro atoms. The van der Waals surface area contributed by atoms with E-state index in [0.29, 0.717) is 4.75 Å². The van der Waals surface area contributed by atoms with Crippen LogP contribution in [0.5, 0.6) is 0 Å². The van der Waals surface area contributed by atoms with Crippen LogP contribution in [0.15, 0.2) is 35.3 Å². The van der Waals surface area contributed by atoms with Gasteiger partial charge in [-0.15, -0.1) is 0 Å². The number of piperazine rings is 1. The van der Waals surface area contributed by atoms with Gasteiger partial charge in [-0.1, -0.05) is 18.2 Å². The van der Waals surface area contributed by atoms with Crippen molar-refractivity contribution >= 4 is 23.4 Å². The number of rotatable bonds is 6. The van der Waals surface area contributed by atoms with Crippen molar-refractivity contribution in [2.45, 2.75) is 31.4 Å². The molecule has 2 aliphatic rings. The van der Waals surface area contributed by atoms with Crippen molar-refractivity contribution in [1.82, 2.24) is 15.1 Å². The van der Waals surface area contributed by atoms with Crippen molar-refractivity contribution in [3.63, 3.8) is 0 Å². The molecule has 0 bridgehead atoms. The fourth-order valence-electron chi connectivity index (χ4n) is 4.06. The van der Waals surface area contributed by atoms with E-state index < -0.39 is 0 Å². The predicted molar refractivity (Wildman–Crippen MR) is 124 cm³/mol. The van der Waals surface area contributed by atoms with E-state index in [1.54, 1.807) is 0 Å². The number of thioether (sulfide) groups is 1. The molecule has 2 fully saturated rings. The molecule has 6 heteroatoms. The Bertz CT molecular complexity index is 611. The highest BCUT2D eigenvalue weighted by atomic mass is 32.2. The predicted octanol–water partition coefficient (Wildman–Crippen LogP) is 2.99. The third kappa shape index (κ3) is 6.31. The first-order valence-electron chi connectivity index (χ1n) is 10.7. The van der Waals surface area contributed by atoms with E-state index in [-0.39, 0.29) is 0 Å². The Kier molecular flexibility index (Phi) is 7.91. The number of benzene rings is 1. The van der Waals surface area contributed by atoms with Crippen LogP contribution in [0, 0.1) is 0 Å². The maximum absolute atomic E-state index is 4.51. The lowest BCUT2D eigenvalue weighted by Crippen LogP contribution is -2.51. The van der Waals surface area contributed by atoms with E-state index in [1.165, 1.54) is 43.9 Å². The summed E-state index contributed by atoms with van der Waals surface area (Å²) in [5.74, 6) is 2.26. The van der Waals surface area contributed by atoms with Gasteiger partial charge in [-0.3, -0.25) is 9.89 Å². The van der Waals surface area contributed by atoms with E-state index >= 15 is 0 Å². The van der Waals surface area contributed by atoms with E-state index in [1.807, 2.05) is 7.05 Å². The van der Waals surface area contributed by atoms with Crippen LogP contribution in [0.4, 0.5) is 5.69 Å². The maximum Gasteiger partial charge on any atom is 0.193 e. The number of anilines is 1. The molecule has 1 N–H and O–H groups in total. The van der Waals surface area contributed by atoms with Crippen LogP contribution >= 0.6 is 11.8 Å². The van der Waals surface area contributed by atoms with Crippen molar-refractivity contribution in [3.05, 3.63) is 30.3 Å². The summed E-state index contributed by atoms with van der Waals surface area (Å²) in [5.41, 5.74) is 1.36. The lowest BCUT2D eigenvalue weighted by atomic mass is 10.2. The van der Waals surface area contributed by atoms with Crippen LogP contribution in [-0.4, -0.2) is 85.7 Å². The van der Waals surface area contributed by atoms with Gasteiger partial charge in [0, 0.05) is 69.0 Å². The molecular weight excluding hydrogens is 366 g/mol. The molecule has 0 amide bonds. The number of nitrogens with one attached hydrogen (secondary N) is 1. The third-order valence-corrected chi connectivity index (χ3v) is 6.91. The Labute approximate surface area is 175 Å². The maximum atomic E-state index is 4.51. The van der Waals surface area contributed by atoms with Gasteiger partial charge in [-0.2, -0.15) is 11.8 Å². The quantitative estimate of drug-likeness (QED) is 0.449. The van der Waals surface area contributed by atoms with Crippen LogP contribution < -0.4 is 10.2 Å². The summed E-state index contributed by atoms with van der Waals surface area (Å²) in [6, 6.07) is 10.8. The van der Waals surface area contributed by atoms with Gasteiger partial charge < -0.3 is 15.1 Å². The van der Waals surface area contributed by atoms with Crippen LogP contribution in [0.25, 0.3) is 0 Å². The molecule has 2 heterocycles. The van der Waals surface area contributed by atoms with Crippen LogP contribution in [0.2, 0.25) is 0 Å². The molecule has 28 heavy (non-hydrogen) atoms. The van der Waals surface area contributed by atoms with Gasteiger partial charge in [-0.25, -0.2) is 0 Å². The molecule has 2 aliphatic heterocycles. The molecular formula is C22H37N5S. The number of guanidine groups is 1. The van der Waals surface area contributed by atoms with Crippen molar-refractivity contribution in [3.8, 4) is 0 Å². The monoisotopic (exact) mass is 403 g/mol. The van der Waals surface area contributed by atoms with Crippen molar-refractivity contribution in [2.75, 3.05) is 70.1 Å². The molecule has 5 nitrogen and oxygen atoms in total. The van der Waals surface area contributed by atoms with Gasteiger partial charge in [0.1, 0.15) is 0 Å². The molecule has 156 valence electrons. The summed E-state index contributed by atoms with van der Waals surface area (Å²) >= 11 is 2.07. The summed E-state index contributed by atoms with van der Waals surface area (Å²) in [5, 5.41) is 3.58. The normalized spacial score (nSPS) is 21.0. The first kappa shape index (κ1) is 21.3. The van der Waals surface area contributed by atoms with Crippen molar-refractivity contribution in [1.29, 1.82) is 0 Å². The average Bonchev–Trinajstić information content (AvgIpc) is 2.71. The highest BCUT2D eigenvalue weighted by Gasteiger charge is 2.28. The summed E-state index contributed by atoms with van der Waals surface area (Å²) < 4.78 is 0.317. The van der Waals surface area contributed by atoms with Crippen molar-refractivity contribution < 1.29 is 0 Å². The zero-order valence-electron chi connectivity index (χ0n) is 17.9. The smallest absolute Gasteiger partial charge is 0.193 e. The van der Waals surface area contributed by atoms with Gasteiger partial charge in [0.25, 0.3) is 0 Å². The summed E-state index contributed by atoms with van der Waals surface area (Å²) in [7, 11) is 1.91. The highest BCUT2D eigenvalue weighted by Crippen LogP contribution is 2.29. The Morgan fingerprint density at radius 3 is 2.50 bits per heavy atom. The molecule has 0 aliphatic carbocycles. The number of hydrogen-bond acceptors (Lipinski definition) is 4. The van der Waals surface area contributed by atoms with E-state index in [4.69, 9.17) is 0 Å². The molecule has 1 aromatic rings. The summed E-state index contributed by atoms with van der Waals surface area (Å²) in [6.45, 7) is 13.7. The third-order valence-electron chi connectivity index (χ3n) is 5.61. The van der Waals surface area contributed by atoms with Gasteiger partial charge >= 0.3 is 0 Å². The molecule has 3 rings (SSSR count). The number of aliphatic imine (C=N–C) groups is 1. The summed E-state index contributed by atoms with van der Waals surface area (Å²) in [4.78, 5) is 12.0. The Balaban J connectivity index is 1.30. The first-order chi connectivity index (χ1) is 13.6. The second-order valence-corrected chi connectivity index (χ2v) is 10.2. The fraction of sp³-hybridized carbons (Fsp3) is 0.682. The number of nitrogens with zero attached hydrogens (tertiary/aromatic N) is 4. The lowest BCUT2D eigenvalue weighted by Gasteiger charge is -2.39. The molecule has 0 radical (unpaired) electrons. The highest BCUT2D eigenvalue weighted by molar-refractivity contribution is 8.00. The van der Waals surface area contributed by atoms with Gasteiger partial charge in [-0.05, 0) is 45.4 Å². The van der Waals surface area contributed by atoms with E-state index in [9.17, 15) is 0 Å². The van der Waals surface area contributed by atoms with E-state index in [2.05, 4.69) is 81.0 Å². The summed E-state index contributed by atoms with van der Waals surface area (Å²) in [6.07, 6.45) is 2.45. The van der Waals surface area contributed by atoms with E-state index in [0.717, 1.165) is 38.7 Å². The first-order valence-corrected chi connectivity index (χ1v) is 11.7. The number of unbranched alkanes of at least 4 members (excludes halogenated alkanes) is 1. The molecule has 0 atom stereocenters. The Hall–Kier alpha value is -1.40. The van der Waals surface area contributed by atoms with Crippen LogP contribution in [0.1, 0.15) is 26.7 Å². The SMILES string of the molecule is CN=C(NCCCCN1CCN(c2ccccc2)CC1)N1CCSC(C)(C)C1. The molecule has 0 unspecified atom stereocenters. The van der Waals surface area contributed by atoms with Crippen molar-refractivity contribution in [2.24, 2.45) is 4.99 Å². The minimum atomic E-state index is 0.317. The van der Waals surface area contributed by atoms with Gasteiger partial charge in [0.2, 0.25) is 0 Å². The topological polar surface area (TPSA) is 34.1 Å². The zero-order valence-corrected chi connectivity index (χ0v) is 18.7. The molecule has 2 saturated heterocycles. The fourth-order valence-corrected chi connectivity index (χ4v) is 5.17. The average molecular weight is 404 g/mol. The largest absolute Gasteiger partial charge is 0.369 e. The van der Waals surface area contributed by atoms with Crippen LogP contribution in [-0.2, 0) is 0 Å². The molecule has 0 saturated carbocycles. The molecule has 0 aromatic heterocycles. The standard InChI is InChI=1S/C22H37N5S/c1-22(2)19-27(17-18-28-22)21(23-3)24-11-7-8-12-25-13-15-26(16-14-25)20-9-5-4-6-10-20/h4-6,9-10H,7-8,11-19H2,1-3H3,(H,23,24). The Morgan fingerprint density at radius 1 is 1.07 bits per heavy atom. The second kappa shape index (κ2) is 10.4. The molecule has 1 aromatic carbocycles. The number of para-hydroxylation sites is 1. The Morgan fingerprint density at radius 2 is 1.82 bits per heavy atom. The second-order valence-electron chi connectivity index (χ2n) is 8.38. The van der Waals surface area contributed by atoms with Gasteiger partial charge in [0.05, 0.1) is 0 Å². The number of hydrogen-bond donors (Lipinski definition) is 1. The minimum absolute atomic E-state index is 0.317. The zero-order chi connectivity index (χ0) is 19.8. The minimum Gasteiger partial charge on any atom is -0.369 e. The van der Waals surface area contributed by atoms with Gasteiger partial charge in [0.15, 0.2) is 5.96 Å².